The molecule has 0 nitrogen and oxygen atoms in total. The second-order valence-corrected chi connectivity index (χ2v) is 16.1. The zero-order chi connectivity index (χ0) is 34.3. The number of aryl methyl sites for hydroxylation is 1. The van der Waals surface area contributed by atoms with E-state index >= 15 is 0 Å². The van der Waals surface area contributed by atoms with Gasteiger partial charge in [-0.3, -0.25) is 0 Å². The summed E-state index contributed by atoms with van der Waals surface area (Å²) in [6, 6.07) is 41.4. The van der Waals surface area contributed by atoms with Crippen molar-refractivity contribution >= 4 is 53.2 Å². The zero-order valence-corrected chi connectivity index (χ0v) is 37.9. The molecule has 2 radical (unpaired) electrons. The van der Waals surface area contributed by atoms with Crippen LogP contribution in [-0.2, 0) is 28.8 Å². The molecule has 280 valence electrons. The van der Waals surface area contributed by atoms with Gasteiger partial charge in [0, 0.05) is 0 Å². The summed E-state index contributed by atoms with van der Waals surface area (Å²) in [5.41, 5.74) is 11.7. The Bertz CT molecular complexity index is 2010. The third-order valence-corrected chi connectivity index (χ3v) is 12.1. The van der Waals surface area contributed by atoms with Crippen molar-refractivity contribution < 1.29 is 23.3 Å². The molecule has 0 aromatic heterocycles. The molecule has 4 saturated carbocycles. The van der Waals surface area contributed by atoms with E-state index in [1.807, 2.05) is 0 Å². The summed E-state index contributed by atoms with van der Waals surface area (Å²) in [4.78, 5) is 0. The van der Waals surface area contributed by atoms with Gasteiger partial charge in [0.1, 0.15) is 0 Å². The number of hydrogen-bond donors (Lipinski definition) is 0. The van der Waals surface area contributed by atoms with Gasteiger partial charge in [-0.2, -0.15) is 12.1 Å². The maximum atomic E-state index is 3.06. The summed E-state index contributed by atoms with van der Waals surface area (Å²) in [6.45, 7) is 14.2. The van der Waals surface area contributed by atoms with Crippen molar-refractivity contribution in [1.82, 2.24) is 0 Å². The summed E-state index contributed by atoms with van der Waals surface area (Å²) in [5.74, 6) is 4.21. The molecule has 0 saturated heterocycles. The molecule has 0 aliphatic heterocycles. The van der Waals surface area contributed by atoms with Crippen LogP contribution in [0.15, 0.2) is 109 Å². The molecule has 10 rings (SSSR count). The van der Waals surface area contributed by atoms with E-state index in [9.17, 15) is 0 Å². The normalized spacial score (nSPS) is 20.6. The van der Waals surface area contributed by atoms with E-state index in [1.54, 1.807) is 5.56 Å². The van der Waals surface area contributed by atoms with Crippen LogP contribution in [-0.4, -0.2) is 6.88 Å². The van der Waals surface area contributed by atoms with Crippen LogP contribution < -0.4 is 0 Å². The first kappa shape index (κ1) is 45.2. The summed E-state index contributed by atoms with van der Waals surface area (Å²) in [6.07, 6.45) is 8.93. The molecule has 4 bridgehead atoms. The van der Waals surface area contributed by atoms with Crippen LogP contribution in [0.3, 0.4) is 0 Å². The fraction of sp³-hybridized carbons (Fsp3) is 0.347. The summed E-state index contributed by atoms with van der Waals surface area (Å²) in [7, 11) is 0. The minimum absolute atomic E-state index is 0. The van der Waals surface area contributed by atoms with Gasteiger partial charge in [0.15, 0.2) is 0 Å². The van der Waals surface area contributed by atoms with Gasteiger partial charge in [0.05, 0.1) is 0 Å². The number of halogens is 2. The SMILES string of the molecule is CC(C)c1ccc(-c2cccc3[cH-]c(C(C)C)cc23)cc1.Cc1cc2c(-c3ccc(C45CC6CC(CC(C6)C4)C5)cc3)cccc2[cH-]1.Cl.Cl.[CH3-].[CH3-].[Si]=[Zr]. The Hall–Kier alpha value is -2.22. The second-order valence-electron chi connectivity index (χ2n) is 16.1. The van der Waals surface area contributed by atoms with E-state index < -0.39 is 0 Å². The number of benzene rings is 4. The molecule has 0 amide bonds. The first-order valence-corrected chi connectivity index (χ1v) is 22.7. The molecule has 0 unspecified atom stereocenters. The van der Waals surface area contributed by atoms with E-state index in [2.05, 4.69) is 151 Å². The van der Waals surface area contributed by atoms with E-state index in [-0.39, 0.29) is 39.7 Å². The van der Waals surface area contributed by atoms with Crippen LogP contribution >= 0.6 is 24.8 Å². The van der Waals surface area contributed by atoms with E-state index in [0.29, 0.717) is 17.3 Å². The molecule has 0 spiro atoms. The van der Waals surface area contributed by atoms with Crippen molar-refractivity contribution in [1.29, 1.82) is 0 Å². The van der Waals surface area contributed by atoms with Gasteiger partial charge in [-0.1, -0.05) is 106 Å². The Labute approximate surface area is 350 Å². The van der Waals surface area contributed by atoms with E-state index in [0.717, 1.165) is 17.8 Å². The van der Waals surface area contributed by atoms with Crippen molar-refractivity contribution in [3.8, 4) is 22.3 Å². The van der Waals surface area contributed by atoms with Gasteiger partial charge in [-0.15, -0.1) is 93.9 Å². The summed E-state index contributed by atoms with van der Waals surface area (Å²) in [5, 5.41) is 5.49. The number of rotatable bonds is 5. The Morgan fingerprint density at radius 3 is 1.53 bits per heavy atom. The van der Waals surface area contributed by atoms with Crippen molar-refractivity contribution in [2.24, 2.45) is 17.8 Å². The molecule has 0 heterocycles. The Kier molecular flexibility index (Phi) is 16.3. The number of fused-ring (bicyclic) bond motifs is 2. The third kappa shape index (κ3) is 9.26. The minimum atomic E-state index is 0. The molecule has 4 fully saturated rings. The summed E-state index contributed by atoms with van der Waals surface area (Å²) >= 11 is 1.36. The van der Waals surface area contributed by atoms with E-state index in [1.165, 1.54) is 122 Å². The quantitative estimate of drug-likeness (QED) is 0.120. The molecule has 4 aliphatic carbocycles. The fourth-order valence-electron chi connectivity index (χ4n) is 9.99. The van der Waals surface area contributed by atoms with Gasteiger partial charge >= 0.3 is 30.2 Å². The van der Waals surface area contributed by atoms with Crippen LogP contribution in [0, 0.1) is 39.5 Å². The predicted molar refractivity (Wildman–Crippen MR) is 236 cm³/mol. The first-order chi connectivity index (χ1) is 23.7. The van der Waals surface area contributed by atoms with Crippen molar-refractivity contribution in [2.75, 3.05) is 0 Å². The molecule has 4 heteroatoms. The average Bonchev–Trinajstić information content (AvgIpc) is 3.72. The standard InChI is InChI=1S/C26H27.C21H23.2CH3.2ClH.Si.Zr/c1-17-9-22-3-2-4-24(25(22)10-17)21-5-7-23(8-6-21)26-14-18-11-19(15-26)13-20(12-18)16-26;1-14(2)16-8-10-17(11-9-16)20-7-5-6-18-12-19(15(3)4)13-21(18)20;;;;;;/h2-10,18-20H,11-16H2,1H3;5-15H,1-4H3;2*1H3;2*1H;;/q4*-1;;;;. The van der Waals surface area contributed by atoms with Crippen LogP contribution in [0.5, 0.6) is 0 Å². The fourth-order valence-corrected chi connectivity index (χ4v) is 9.99. The molecule has 6 aromatic rings. The zero-order valence-electron chi connectivity index (χ0n) is 32.8. The van der Waals surface area contributed by atoms with Crippen LogP contribution in [0.1, 0.15) is 100 Å². The average molecular weight is 837 g/mol. The topological polar surface area (TPSA) is 0 Å². The molecule has 53 heavy (non-hydrogen) atoms. The van der Waals surface area contributed by atoms with E-state index in [4.69, 9.17) is 0 Å². The predicted octanol–water partition coefficient (Wildman–Crippen LogP) is 14.8. The third-order valence-electron chi connectivity index (χ3n) is 12.1. The maximum absolute atomic E-state index is 3.06. The molecule has 6 aromatic carbocycles. The molecular formula is C49H58Cl2SiZr-4. The van der Waals surface area contributed by atoms with Crippen molar-refractivity contribution in [3.05, 3.63) is 146 Å². The van der Waals surface area contributed by atoms with Crippen molar-refractivity contribution in [3.63, 3.8) is 0 Å². The van der Waals surface area contributed by atoms with Gasteiger partial charge in [-0.05, 0) is 95.8 Å². The van der Waals surface area contributed by atoms with Crippen LogP contribution in [0.4, 0.5) is 0 Å². The molecule has 0 N–H and O–H groups in total. The monoisotopic (exact) mass is 834 g/mol. The van der Waals surface area contributed by atoms with Crippen LogP contribution in [0.25, 0.3) is 43.8 Å². The Morgan fingerprint density at radius 1 is 0.604 bits per heavy atom. The van der Waals surface area contributed by atoms with Gasteiger partial charge < -0.3 is 14.9 Å². The molecular weight excluding hydrogens is 779 g/mol. The van der Waals surface area contributed by atoms with Crippen molar-refractivity contribution in [2.45, 2.75) is 90.4 Å². The second kappa shape index (κ2) is 19.1. The van der Waals surface area contributed by atoms with Gasteiger partial charge in [-0.25, -0.2) is 0 Å². The first-order valence-electron chi connectivity index (χ1n) is 18.6. The Morgan fingerprint density at radius 2 is 1.06 bits per heavy atom. The van der Waals surface area contributed by atoms with Crippen LogP contribution in [0.2, 0.25) is 0 Å². The molecule has 0 atom stereocenters. The molecule has 4 aliphatic rings. The van der Waals surface area contributed by atoms with Gasteiger partial charge in [0.2, 0.25) is 0 Å². The number of hydrogen-bond acceptors (Lipinski definition) is 0. The summed E-state index contributed by atoms with van der Waals surface area (Å²) < 4.78 is 0. The Balaban J connectivity index is 0.000000259. The van der Waals surface area contributed by atoms with Gasteiger partial charge in [0.25, 0.3) is 0 Å².